The van der Waals surface area contributed by atoms with Gasteiger partial charge < -0.3 is 9.47 Å². The number of aryl methyl sites for hydroxylation is 1. The number of amides is 1. The van der Waals surface area contributed by atoms with Crippen LogP contribution in [-0.4, -0.2) is 40.1 Å². The molecule has 4 aromatic rings. The van der Waals surface area contributed by atoms with Crippen LogP contribution in [0.4, 0.5) is 9.52 Å². The maximum atomic E-state index is 14.7. The number of fused-ring (bicyclic) bond motifs is 3. The summed E-state index contributed by atoms with van der Waals surface area (Å²) >= 11 is 1.27. The van der Waals surface area contributed by atoms with E-state index in [4.69, 9.17) is 9.47 Å². The molecule has 0 atom stereocenters. The number of carbonyl (C=O) groups excluding carboxylic acids is 1. The van der Waals surface area contributed by atoms with E-state index in [1.165, 1.54) is 22.1 Å². The number of methoxy groups -OCH3 is 2. The molecule has 162 valence electrons. The molecule has 0 aliphatic heterocycles. The van der Waals surface area contributed by atoms with E-state index in [1.54, 1.807) is 39.3 Å². The fourth-order valence-electron chi connectivity index (χ4n) is 3.86. The number of para-hydroxylation sites is 1. The van der Waals surface area contributed by atoms with Crippen molar-refractivity contribution in [3.05, 3.63) is 64.0 Å². The van der Waals surface area contributed by atoms with Crippen molar-refractivity contribution in [2.24, 2.45) is 0 Å². The topological polar surface area (TPSA) is 91.2 Å². The number of nitrogens with one attached hydrogen (secondary N) is 1. The van der Waals surface area contributed by atoms with E-state index in [0.29, 0.717) is 34.3 Å². The summed E-state index contributed by atoms with van der Waals surface area (Å²) in [4.78, 5) is 13.1. The standard InChI is InChI=1S/C22H18FN5O3S/c1-11-25-26-22(32-11)24-21(29)19-14-8-12-9-17(30-2)18(31-3)10-13(12)20(14)28(27-19)16-7-5-4-6-15(16)23/h4-7,9-10H,8H2,1-3H3,(H,24,26,29). The number of hydrogen-bond donors (Lipinski definition) is 1. The first kappa shape index (κ1) is 20.1. The molecule has 0 saturated carbocycles. The summed E-state index contributed by atoms with van der Waals surface area (Å²) in [5, 5.41) is 16.2. The first-order valence-electron chi connectivity index (χ1n) is 9.73. The quantitative estimate of drug-likeness (QED) is 0.434. The molecule has 32 heavy (non-hydrogen) atoms. The lowest BCUT2D eigenvalue weighted by Gasteiger charge is -2.12. The summed E-state index contributed by atoms with van der Waals surface area (Å²) in [5.74, 6) is 0.241. The number of nitrogens with zero attached hydrogens (tertiary/aromatic N) is 4. The second kappa shape index (κ2) is 7.72. The Balaban J connectivity index is 1.68. The van der Waals surface area contributed by atoms with Crippen molar-refractivity contribution < 1.29 is 18.7 Å². The van der Waals surface area contributed by atoms with Gasteiger partial charge in [0, 0.05) is 17.5 Å². The van der Waals surface area contributed by atoms with Gasteiger partial charge in [-0.3, -0.25) is 10.1 Å². The summed E-state index contributed by atoms with van der Waals surface area (Å²) in [6.45, 7) is 1.80. The van der Waals surface area contributed by atoms with Crippen molar-refractivity contribution in [3.63, 3.8) is 0 Å². The first-order valence-corrected chi connectivity index (χ1v) is 10.5. The number of aromatic nitrogens is 4. The van der Waals surface area contributed by atoms with Crippen LogP contribution in [0.15, 0.2) is 36.4 Å². The highest BCUT2D eigenvalue weighted by molar-refractivity contribution is 7.15. The SMILES string of the molecule is COc1cc2c(cc1OC)-c1c(c(C(=O)Nc3nnc(C)s3)nn1-c1ccccc1F)C2. The molecule has 0 radical (unpaired) electrons. The molecular weight excluding hydrogens is 433 g/mol. The third kappa shape index (κ3) is 3.19. The Morgan fingerprint density at radius 2 is 1.91 bits per heavy atom. The molecule has 5 rings (SSSR count). The molecule has 0 saturated heterocycles. The highest BCUT2D eigenvalue weighted by atomic mass is 32.1. The highest BCUT2D eigenvalue weighted by Crippen LogP contribution is 2.45. The van der Waals surface area contributed by atoms with Gasteiger partial charge in [0.1, 0.15) is 16.5 Å². The Morgan fingerprint density at radius 3 is 2.59 bits per heavy atom. The van der Waals surface area contributed by atoms with E-state index in [9.17, 15) is 9.18 Å². The molecule has 0 fully saturated rings. The maximum Gasteiger partial charge on any atom is 0.278 e. The van der Waals surface area contributed by atoms with Gasteiger partial charge in [-0.1, -0.05) is 23.5 Å². The van der Waals surface area contributed by atoms with Gasteiger partial charge in [-0.2, -0.15) is 5.10 Å². The molecule has 8 nitrogen and oxygen atoms in total. The lowest BCUT2D eigenvalue weighted by molar-refractivity contribution is 0.102. The van der Waals surface area contributed by atoms with E-state index >= 15 is 0 Å². The summed E-state index contributed by atoms with van der Waals surface area (Å²) in [7, 11) is 3.12. The molecular formula is C22H18FN5O3S. The summed E-state index contributed by atoms with van der Waals surface area (Å²) in [6.07, 6.45) is 0.442. The van der Waals surface area contributed by atoms with E-state index in [-0.39, 0.29) is 11.4 Å². The molecule has 0 spiro atoms. The van der Waals surface area contributed by atoms with Gasteiger partial charge in [0.25, 0.3) is 5.91 Å². The molecule has 2 aromatic heterocycles. The number of hydrogen-bond acceptors (Lipinski definition) is 7. The van der Waals surface area contributed by atoms with Crippen LogP contribution >= 0.6 is 11.3 Å². The van der Waals surface area contributed by atoms with Crippen LogP contribution in [0.1, 0.15) is 26.6 Å². The van der Waals surface area contributed by atoms with Crippen LogP contribution in [0, 0.1) is 12.7 Å². The average molecular weight is 451 g/mol. The second-order valence-electron chi connectivity index (χ2n) is 7.16. The number of rotatable bonds is 5. The van der Waals surface area contributed by atoms with Crippen LogP contribution < -0.4 is 14.8 Å². The molecule has 1 aliphatic rings. The molecule has 1 aliphatic carbocycles. The minimum Gasteiger partial charge on any atom is -0.493 e. The van der Waals surface area contributed by atoms with Crippen molar-refractivity contribution in [2.45, 2.75) is 13.3 Å². The maximum absolute atomic E-state index is 14.7. The van der Waals surface area contributed by atoms with Crippen LogP contribution in [-0.2, 0) is 6.42 Å². The van der Waals surface area contributed by atoms with Crippen LogP contribution in [0.5, 0.6) is 11.5 Å². The zero-order chi connectivity index (χ0) is 22.4. The fraction of sp³-hybridized carbons (Fsp3) is 0.182. The second-order valence-corrected chi connectivity index (χ2v) is 8.34. The monoisotopic (exact) mass is 451 g/mol. The highest BCUT2D eigenvalue weighted by Gasteiger charge is 2.33. The van der Waals surface area contributed by atoms with Crippen molar-refractivity contribution in [1.82, 2.24) is 20.0 Å². The lowest BCUT2D eigenvalue weighted by Crippen LogP contribution is -2.15. The van der Waals surface area contributed by atoms with Gasteiger partial charge >= 0.3 is 0 Å². The average Bonchev–Trinajstić information content (AvgIpc) is 3.46. The van der Waals surface area contributed by atoms with E-state index in [2.05, 4.69) is 20.6 Å². The zero-order valence-corrected chi connectivity index (χ0v) is 18.3. The third-order valence-corrected chi connectivity index (χ3v) is 6.01. The van der Waals surface area contributed by atoms with Crippen molar-refractivity contribution in [2.75, 3.05) is 19.5 Å². The van der Waals surface area contributed by atoms with Crippen molar-refractivity contribution in [3.8, 4) is 28.4 Å². The molecule has 2 heterocycles. The Hall–Kier alpha value is -3.79. The molecule has 2 aromatic carbocycles. The normalized spacial score (nSPS) is 11.8. The minimum absolute atomic E-state index is 0.199. The molecule has 1 N–H and O–H groups in total. The van der Waals surface area contributed by atoms with Gasteiger partial charge in [-0.25, -0.2) is 9.07 Å². The Morgan fingerprint density at radius 1 is 1.16 bits per heavy atom. The molecule has 0 bridgehead atoms. The van der Waals surface area contributed by atoms with Gasteiger partial charge in [0.2, 0.25) is 5.13 Å². The largest absolute Gasteiger partial charge is 0.493 e. The van der Waals surface area contributed by atoms with E-state index in [0.717, 1.165) is 16.1 Å². The molecule has 0 unspecified atom stereocenters. The fourth-order valence-corrected chi connectivity index (χ4v) is 4.44. The Bertz CT molecular complexity index is 1360. The minimum atomic E-state index is -0.446. The molecule has 10 heteroatoms. The van der Waals surface area contributed by atoms with Gasteiger partial charge in [0.15, 0.2) is 17.2 Å². The predicted octanol–water partition coefficient (Wildman–Crippen LogP) is 4.01. The number of carbonyl (C=O) groups is 1. The van der Waals surface area contributed by atoms with E-state index in [1.807, 2.05) is 12.1 Å². The number of anilines is 1. The van der Waals surface area contributed by atoms with E-state index < -0.39 is 11.7 Å². The Kier molecular flexibility index (Phi) is 4.86. The lowest BCUT2D eigenvalue weighted by atomic mass is 10.1. The van der Waals surface area contributed by atoms with Gasteiger partial charge in [-0.15, -0.1) is 10.2 Å². The summed E-state index contributed by atoms with van der Waals surface area (Å²) in [5.41, 5.74) is 3.52. The van der Waals surface area contributed by atoms with Crippen LogP contribution in [0.3, 0.4) is 0 Å². The molecule has 1 amide bonds. The van der Waals surface area contributed by atoms with Gasteiger partial charge in [-0.05, 0) is 36.8 Å². The summed E-state index contributed by atoms with van der Waals surface area (Å²) < 4.78 is 27.1. The first-order chi connectivity index (χ1) is 15.5. The predicted molar refractivity (Wildman–Crippen MR) is 117 cm³/mol. The summed E-state index contributed by atoms with van der Waals surface area (Å²) in [6, 6.07) is 10.0. The number of halogens is 1. The Labute approximate surface area is 186 Å². The third-order valence-electron chi connectivity index (χ3n) is 5.26. The number of ether oxygens (including phenoxy) is 2. The van der Waals surface area contributed by atoms with Crippen molar-refractivity contribution in [1.29, 1.82) is 0 Å². The van der Waals surface area contributed by atoms with Crippen LogP contribution in [0.2, 0.25) is 0 Å². The van der Waals surface area contributed by atoms with Gasteiger partial charge in [0.05, 0.1) is 19.9 Å². The number of benzene rings is 2. The smallest absolute Gasteiger partial charge is 0.278 e. The van der Waals surface area contributed by atoms with Crippen molar-refractivity contribution >= 4 is 22.4 Å². The zero-order valence-electron chi connectivity index (χ0n) is 17.5. The van der Waals surface area contributed by atoms with Crippen LogP contribution in [0.25, 0.3) is 16.9 Å².